The van der Waals surface area contributed by atoms with Gasteiger partial charge in [-0.1, -0.05) is 72.3 Å². The third-order valence-electron chi connectivity index (χ3n) is 5.80. The third-order valence-corrected chi connectivity index (χ3v) is 5.80. The molecule has 1 heterocycles. The first-order valence-corrected chi connectivity index (χ1v) is 11.0. The molecule has 3 aromatic carbocycles. The average molecular weight is 439 g/mol. The fraction of sp³-hybridized carbons (Fsp3) is 0.179. The molecule has 0 bridgehead atoms. The maximum absolute atomic E-state index is 13.3. The molecule has 0 unspecified atom stereocenters. The minimum atomic E-state index is -0.415. The molecule has 0 fully saturated rings. The molecule has 1 aromatic heterocycles. The second-order valence-corrected chi connectivity index (χ2v) is 8.20. The van der Waals surface area contributed by atoms with Gasteiger partial charge in [-0.3, -0.25) is 18.7 Å². The smallest absolute Gasteiger partial charge is 0.294 e. The fourth-order valence-electron chi connectivity index (χ4n) is 3.96. The zero-order chi connectivity index (χ0) is 23.4. The summed E-state index contributed by atoms with van der Waals surface area (Å²) in [7, 11) is 0. The van der Waals surface area contributed by atoms with Crippen LogP contribution in [0.3, 0.4) is 0 Å². The molecule has 0 radical (unpaired) electrons. The lowest BCUT2D eigenvalue weighted by Crippen LogP contribution is -2.40. The molecule has 166 valence electrons. The summed E-state index contributed by atoms with van der Waals surface area (Å²) in [6, 6.07) is 22.7. The van der Waals surface area contributed by atoms with Crippen molar-refractivity contribution in [1.82, 2.24) is 9.13 Å². The highest BCUT2D eigenvalue weighted by molar-refractivity contribution is 5.99. The maximum atomic E-state index is 13.3. The standard InChI is InChI=1S/C28H26N2O3/c1-3-17-29-27(32)24-15-14-23(26(31)16-13-21-7-5-4-6-8-21)18-25(24)30(28(29)33)19-22-11-9-20(2)10-12-22/h3-12,14-15,18H,1,13,16-17,19H2,2H3. The van der Waals surface area contributed by atoms with Gasteiger partial charge in [0, 0.05) is 18.5 Å². The average Bonchev–Trinajstić information content (AvgIpc) is 2.84. The lowest BCUT2D eigenvalue weighted by Gasteiger charge is -2.14. The highest BCUT2D eigenvalue weighted by Gasteiger charge is 2.15. The van der Waals surface area contributed by atoms with Crippen LogP contribution in [0.2, 0.25) is 0 Å². The van der Waals surface area contributed by atoms with Crippen molar-refractivity contribution in [3.63, 3.8) is 0 Å². The quantitative estimate of drug-likeness (QED) is 0.300. The number of ketones is 1. The topological polar surface area (TPSA) is 61.1 Å². The summed E-state index contributed by atoms with van der Waals surface area (Å²) in [6.07, 6.45) is 2.52. The number of benzene rings is 3. The van der Waals surface area contributed by atoms with Crippen LogP contribution in [0.5, 0.6) is 0 Å². The Hall–Kier alpha value is -3.99. The number of rotatable bonds is 8. The van der Waals surface area contributed by atoms with E-state index in [1.165, 1.54) is 10.6 Å². The predicted octanol–water partition coefficient (Wildman–Crippen LogP) is 4.52. The predicted molar refractivity (Wildman–Crippen MR) is 132 cm³/mol. The number of aryl methyl sites for hydroxylation is 2. The van der Waals surface area contributed by atoms with Crippen LogP contribution in [-0.2, 0) is 19.5 Å². The third kappa shape index (κ3) is 4.77. The first kappa shape index (κ1) is 22.2. The van der Waals surface area contributed by atoms with Crippen molar-refractivity contribution in [3.8, 4) is 0 Å². The molecule has 0 saturated heterocycles. The number of carbonyl (C=O) groups is 1. The van der Waals surface area contributed by atoms with Crippen LogP contribution >= 0.6 is 0 Å². The van der Waals surface area contributed by atoms with E-state index in [1.54, 1.807) is 22.8 Å². The van der Waals surface area contributed by atoms with Crippen molar-refractivity contribution < 1.29 is 4.79 Å². The summed E-state index contributed by atoms with van der Waals surface area (Å²) in [6.45, 7) is 6.10. The molecule has 0 atom stereocenters. The van der Waals surface area contributed by atoms with Gasteiger partial charge in [0.2, 0.25) is 0 Å². The van der Waals surface area contributed by atoms with Crippen molar-refractivity contribution in [1.29, 1.82) is 0 Å². The Morgan fingerprint density at radius 3 is 2.33 bits per heavy atom. The molecule has 5 nitrogen and oxygen atoms in total. The van der Waals surface area contributed by atoms with Gasteiger partial charge in [0.25, 0.3) is 5.56 Å². The summed E-state index contributed by atoms with van der Waals surface area (Å²) in [5.41, 5.74) is 3.33. The van der Waals surface area contributed by atoms with E-state index in [1.807, 2.05) is 61.5 Å². The van der Waals surface area contributed by atoms with Gasteiger partial charge in [-0.05, 0) is 36.6 Å². The van der Waals surface area contributed by atoms with Crippen molar-refractivity contribution in [3.05, 3.63) is 129 Å². The second-order valence-electron chi connectivity index (χ2n) is 8.20. The zero-order valence-corrected chi connectivity index (χ0v) is 18.7. The van der Waals surface area contributed by atoms with Crippen LogP contribution in [0.4, 0.5) is 0 Å². The van der Waals surface area contributed by atoms with E-state index in [0.717, 1.165) is 16.7 Å². The van der Waals surface area contributed by atoms with Gasteiger partial charge in [0.05, 0.1) is 17.4 Å². The van der Waals surface area contributed by atoms with Crippen molar-refractivity contribution in [2.75, 3.05) is 0 Å². The largest absolute Gasteiger partial charge is 0.332 e. The van der Waals surface area contributed by atoms with Gasteiger partial charge < -0.3 is 0 Å². The number of hydrogen-bond donors (Lipinski definition) is 0. The number of nitrogens with zero attached hydrogens (tertiary/aromatic N) is 2. The Kier molecular flexibility index (Phi) is 6.50. The molecular weight excluding hydrogens is 412 g/mol. The van der Waals surface area contributed by atoms with E-state index in [9.17, 15) is 14.4 Å². The Bertz CT molecular complexity index is 1430. The molecule has 33 heavy (non-hydrogen) atoms. The van der Waals surface area contributed by atoms with Crippen LogP contribution in [0.25, 0.3) is 10.9 Å². The lowest BCUT2D eigenvalue weighted by atomic mass is 10.0. The van der Waals surface area contributed by atoms with Crippen LogP contribution < -0.4 is 11.2 Å². The number of allylic oxidation sites excluding steroid dienone is 1. The SMILES string of the molecule is C=CCn1c(=O)c2ccc(C(=O)CCc3ccccc3)cc2n(Cc2ccc(C)cc2)c1=O. The molecule has 0 spiro atoms. The van der Waals surface area contributed by atoms with Crippen LogP contribution in [0.15, 0.2) is 95.0 Å². The minimum absolute atomic E-state index is 0.0228. The van der Waals surface area contributed by atoms with Crippen LogP contribution in [0.1, 0.15) is 33.5 Å². The van der Waals surface area contributed by atoms with E-state index in [-0.39, 0.29) is 17.9 Å². The van der Waals surface area contributed by atoms with Crippen LogP contribution in [-0.4, -0.2) is 14.9 Å². The van der Waals surface area contributed by atoms with Gasteiger partial charge in [-0.15, -0.1) is 6.58 Å². The summed E-state index contributed by atoms with van der Waals surface area (Å²) in [5.74, 6) is -0.0228. The molecule has 0 aliphatic carbocycles. The Morgan fingerprint density at radius 1 is 0.909 bits per heavy atom. The zero-order valence-electron chi connectivity index (χ0n) is 18.7. The molecule has 4 rings (SSSR count). The summed E-state index contributed by atoms with van der Waals surface area (Å²) < 4.78 is 2.75. The van der Waals surface area contributed by atoms with Gasteiger partial charge in [-0.25, -0.2) is 4.79 Å². The number of aromatic nitrogens is 2. The lowest BCUT2D eigenvalue weighted by molar-refractivity contribution is 0.0983. The number of fused-ring (bicyclic) bond motifs is 1. The molecular formula is C28H26N2O3. The second kappa shape index (κ2) is 9.65. The van der Waals surface area contributed by atoms with E-state index in [4.69, 9.17) is 0 Å². The Balaban J connectivity index is 1.78. The molecule has 0 aliphatic heterocycles. The molecule has 0 aliphatic rings. The molecule has 4 aromatic rings. The normalized spacial score (nSPS) is 10.9. The Morgan fingerprint density at radius 2 is 1.64 bits per heavy atom. The maximum Gasteiger partial charge on any atom is 0.332 e. The summed E-state index contributed by atoms with van der Waals surface area (Å²) >= 11 is 0. The first-order chi connectivity index (χ1) is 16.0. The molecule has 0 N–H and O–H groups in total. The number of carbonyl (C=O) groups excluding carboxylic acids is 1. The van der Waals surface area contributed by atoms with Gasteiger partial charge in [-0.2, -0.15) is 0 Å². The first-order valence-electron chi connectivity index (χ1n) is 11.0. The van der Waals surface area contributed by atoms with E-state index < -0.39 is 5.69 Å². The monoisotopic (exact) mass is 438 g/mol. The minimum Gasteiger partial charge on any atom is -0.294 e. The number of hydrogen-bond acceptors (Lipinski definition) is 3. The molecule has 0 amide bonds. The van der Waals surface area contributed by atoms with Gasteiger partial charge >= 0.3 is 5.69 Å². The number of Topliss-reactive ketones (excluding diaryl/α,β-unsaturated/α-hetero) is 1. The van der Waals surface area contributed by atoms with Gasteiger partial charge in [0.15, 0.2) is 5.78 Å². The highest BCUT2D eigenvalue weighted by atomic mass is 16.2. The summed E-state index contributed by atoms with van der Waals surface area (Å²) in [4.78, 5) is 39.2. The summed E-state index contributed by atoms with van der Waals surface area (Å²) in [5, 5.41) is 0.406. The van der Waals surface area contributed by atoms with E-state index >= 15 is 0 Å². The van der Waals surface area contributed by atoms with Crippen LogP contribution in [0, 0.1) is 6.92 Å². The van der Waals surface area contributed by atoms with E-state index in [0.29, 0.717) is 35.9 Å². The Labute approximate surface area is 192 Å². The van der Waals surface area contributed by atoms with Gasteiger partial charge in [0.1, 0.15) is 0 Å². The van der Waals surface area contributed by atoms with Crippen molar-refractivity contribution in [2.45, 2.75) is 32.9 Å². The van der Waals surface area contributed by atoms with Crippen molar-refractivity contribution >= 4 is 16.7 Å². The van der Waals surface area contributed by atoms with Crippen molar-refractivity contribution in [2.24, 2.45) is 0 Å². The van der Waals surface area contributed by atoms with E-state index in [2.05, 4.69) is 6.58 Å². The fourth-order valence-corrected chi connectivity index (χ4v) is 3.96. The molecule has 0 saturated carbocycles. The highest BCUT2D eigenvalue weighted by Crippen LogP contribution is 2.16. The molecule has 5 heteroatoms.